The standard InChI is InChI=1S/C28H29Cl3N2O2S/c1-2-32-28(35)26(17-20-7-4-3-5-8-20)33(19-21-10-11-23(30)18-25(21)31)27(34)9-6-16-36-24-14-12-22(29)13-15-24/h3-5,7-8,10-15,18,26H,2,6,9,16-17,19H2,1H3,(H,32,35)/t26-/m1/s1. The molecule has 3 aromatic carbocycles. The molecule has 0 bridgehead atoms. The van der Waals surface area contributed by atoms with Gasteiger partial charge in [-0.3, -0.25) is 9.59 Å². The van der Waals surface area contributed by atoms with Crippen molar-refractivity contribution in [2.45, 2.75) is 43.7 Å². The first-order chi connectivity index (χ1) is 17.4. The summed E-state index contributed by atoms with van der Waals surface area (Å²) in [7, 11) is 0. The van der Waals surface area contributed by atoms with Gasteiger partial charge in [-0.25, -0.2) is 0 Å². The predicted molar refractivity (Wildman–Crippen MR) is 151 cm³/mol. The van der Waals surface area contributed by atoms with Gasteiger partial charge >= 0.3 is 0 Å². The molecule has 0 aliphatic rings. The van der Waals surface area contributed by atoms with Gasteiger partial charge in [-0.1, -0.05) is 71.2 Å². The van der Waals surface area contributed by atoms with E-state index in [1.54, 1.807) is 34.9 Å². The summed E-state index contributed by atoms with van der Waals surface area (Å²) in [6, 6.07) is 21.9. The van der Waals surface area contributed by atoms with Crippen molar-refractivity contribution in [3.63, 3.8) is 0 Å². The Morgan fingerprint density at radius 3 is 2.31 bits per heavy atom. The molecule has 8 heteroatoms. The molecule has 1 atom stereocenters. The van der Waals surface area contributed by atoms with Crippen LogP contribution < -0.4 is 5.32 Å². The molecule has 0 unspecified atom stereocenters. The first-order valence-electron chi connectivity index (χ1n) is 11.8. The minimum atomic E-state index is -0.671. The SMILES string of the molecule is CCNC(=O)[C@@H](Cc1ccccc1)N(Cc1ccc(Cl)cc1Cl)C(=O)CCCSc1ccc(Cl)cc1. The fourth-order valence-corrected chi connectivity index (χ4v) is 5.21. The number of carbonyl (C=O) groups excluding carboxylic acids is 2. The second-order valence-corrected chi connectivity index (χ2v) is 10.7. The summed E-state index contributed by atoms with van der Waals surface area (Å²) in [4.78, 5) is 29.5. The molecule has 0 saturated heterocycles. The van der Waals surface area contributed by atoms with Gasteiger partial charge in [-0.05, 0) is 66.6 Å². The lowest BCUT2D eigenvalue weighted by Gasteiger charge is -2.32. The first kappa shape index (κ1) is 28.4. The van der Waals surface area contributed by atoms with E-state index in [1.807, 2.05) is 61.5 Å². The number of hydrogen-bond acceptors (Lipinski definition) is 3. The van der Waals surface area contributed by atoms with Crippen LogP contribution in [-0.4, -0.2) is 35.1 Å². The molecule has 0 aromatic heterocycles. The van der Waals surface area contributed by atoms with Crippen molar-refractivity contribution in [3.8, 4) is 0 Å². The van der Waals surface area contributed by atoms with Crippen LogP contribution in [0.4, 0.5) is 0 Å². The lowest BCUT2D eigenvalue weighted by atomic mass is 10.0. The number of carbonyl (C=O) groups is 2. The van der Waals surface area contributed by atoms with E-state index in [1.165, 1.54) is 0 Å². The molecular formula is C28H29Cl3N2O2S. The topological polar surface area (TPSA) is 49.4 Å². The lowest BCUT2D eigenvalue weighted by molar-refractivity contribution is -0.141. The molecule has 1 N–H and O–H groups in total. The highest BCUT2D eigenvalue weighted by Gasteiger charge is 2.30. The zero-order valence-electron chi connectivity index (χ0n) is 20.1. The molecular weight excluding hydrogens is 535 g/mol. The number of likely N-dealkylation sites (N-methyl/N-ethyl adjacent to an activating group) is 1. The fraction of sp³-hybridized carbons (Fsp3) is 0.286. The number of nitrogens with one attached hydrogen (secondary N) is 1. The third kappa shape index (κ3) is 8.74. The van der Waals surface area contributed by atoms with Gasteiger partial charge in [-0.2, -0.15) is 0 Å². The van der Waals surface area contributed by atoms with E-state index in [-0.39, 0.29) is 18.4 Å². The van der Waals surface area contributed by atoms with Crippen LogP contribution in [0.1, 0.15) is 30.9 Å². The molecule has 0 spiro atoms. The second kappa shape index (κ2) is 14.5. The zero-order valence-corrected chi connectivity index (χ0v) is 23.1. The van der Waals surface area contributed by atoms with Gasteiger partial charge in [0, 0.05) is 45.9 Å². The maximum Gasteiger partial charge on any atom is 0.243 e. The Morgan fingerprint density at radius 2 is 1.64 bits per heavy atom. The molecule has 2 amide bonds. The molecule has 36 heavy (non-hydrogen) atoms. The van der Waals surface area contributed by atoms with Crippen molar-refractivity contribution in [3.05, 3.63) is 99.0 Å². The van der Waals surface area contributed by atoms with Gasteiger partial charge in [0.1, 0.15) is 6.04 Å². The monoisotopic (exact) mass is 562 g/mol. The second-order valence-electron chi connectivity index (χ2n) is 8.26. The number of benzene rings is 3. The number of amides is 2. The Balaban J connectivity index is 1.79. The molecule has 0 heterocycles. The van der Waals surface area contributed by atoms with Crippen molar-refractivity contribution in [2.75, 3.05) is 12.3 Å². The summed E-state index contributed by atoms with van der Waals surface area (Å²) in [5, 5.41) is 4.58. The van der Waals surface area contributed by atoms with Gasteiger partial charge < -0.3 is 10.2 Å². The van der Waals surface area contributed by atoms with Crippen molar-refractivity contribution in [2.24, 2.45) is 0 Å². The van der Waals surface area contributed by atoms with Crippen molar-refractivity contribution >= 4 is 58.4 Å². The molecule has 4 nitrogen and oxygen atoms in total. The summed E-state index contributed by atoms with van der Waals surface area (Å²) in [6.45, 7) is 2.56. The quantitative estimate of drug-likeness (QED) is 0.186. The minimum Gasteiger partial charge on any atom is -0.355 e. The smallest absolute Gasteiger partial charge is 0.243 e. The van der Waals surface area contributed by atoms with Gasteiger partial charge in [0.05, 0.1) is 0 Å². The first-order valence-corrected chi connectivity index (χ1v) is 13.9. The molecule has 190 valence electrons. The van der Waals surface area contributed by atoms with Crippen LogP contribution in [0.5, 0.6) is 0 Å². The van der Waals surface area contributed by atoms with E-state index in [2.05, 4.69) is 5.32 Å². The minimum absolute atomic E-state index is 0.0927. The number of thioether (sulfide) groups is 1. The lowest BCUT2D eigenvalue weighted by Crippen LogP contribution is -2.50. The van der Waals surface area contributed by atoms with Crippen LogP contribution in [0, 0.1) is 0 Å². The molecule has 0 radical (unpaired) electrons. The molecule has 0 fully saturated rings. The van der Waals surface area contributed by atoms with Crippen LogP contribution in [0.2, 0.25) is 15.1 Å². The van der Waals surface area contributed by atoms with E-state index in [9.17, 15) is 9.59 Å². The summed E-state index contributed by atoms with van der Waals surface area (Å²) in [6.07, 6.45) is 1.39. The Morgan fingerprint density at radius 1 is 0.944 bits per heavy atom. The Hall–Kier alpha value is -2.18. The third-order valence-electron chi connectivity index (χ3n) is 5.60. The van der Waals surface area contributed by atoms with Gasteiger partial charge in [0.15, 0.2) is 0 Å². The summed E-state index contributed by atoms with van der Waals surface area (Å²) in [5.74, 6) is 0.494. The number of rotatable bonds is 12. The summed E-state index contributed by atoms with van der Waals surface area (Å²) in [5.41, 5.74) is 1.72. The highest BCUT2D eigenvalue weighted by molar-refractivity contribution is 7.99. The normalized spacial score (nSPS) is 11.7. The largest absolute Gasteiger partial charge is 0.355 e. The van der Waals surface area contributed by atoms with Crippen LogP contribution in [-0.2, 0) is 22.6 Å². The predicted octanol–water partition coefficient (Wildman–Crippen LogP) is 7.30. The highest BCUT2D eigenvalue weighted by Crippen LogP contribution is 2.25. The van der Waals surface area contributed by atoms with E-state index in [4.69, 9.17) is 34.8 Å². The molecule has 3 rings (SSSR count). The number of nitrogens with zero attached hydrogens (tertiary/aromatic N) is 1. The molecule has 0 aliphatic heterocycles. The van der Waals surface area contributed by atoms with Crippen LogP contribution in [0.25, 0.3) is 0 Å². The van der Waals surface area contributed by atoms with Crippen LogP contribution >= 0.6 is 46.6 Å². The van der Waals surface area contributed by atoms with Gasteiger partial charge in [0.2, 0.25) is 11.8 Å². The average molecular weight is 564 g/mol. The van der Waals surface area contributed by atoms with Crippen molar-refractivity contribution < 1.29 is 9.59 Å². The van der Waals surface area contributed by atoms with E-state index < -0.39 is 6.04 Å². The van der Waals surface area contributed by atoms with Crippen LogP contribution in [0.3, 0.4) is 0 Å². The maximum absolute atomic E-state index is 13.6. The third-order valence-corrected chi connectivity index (χ3v) is 7.53. The highest BCUT2D eigenvalue weighted by atomic mass is 35.5. The number of halogens is 3. The molecule has 0 aliphatic carbocycles. The molecule has 0 saturated carbocycles. The zero-order chi connectivity index (χ0) is 25.9. The number of hydrogen-bond donors (Lipinski definition) is 1. The Labute approximate surface area is 232 Å². The van der Waals surface area contributed by atoms with Gasteiger partial charge in [0.25, 0.3) is 0 Å². The van der Waals surface area contributed by atoms with Crippen LogP contribution in [0.15, 0.2) is 77.7 Å². The summed E-state index contributed by atoms with van der Waals surface area (Å²) >= 11 is 20.2. The maximum atomic E-state index is 13.6. The van der Waals surface area contributed by atoms with E-state index in [0.717, 1.165) is 21.8 Å². The van der Waals surface area contributed by atoms with E-state index >= 15 is 0 Å². The Kier molecular flexibility index (Phi) is 11.5. The Bertz CT molecular complexity index is 1140. The van der Waals surface area contributed by atoms with Crippen molar-refractivity contribution in [1.29, 1.82) is 0 Å². The fourth-order valence-electron chi connectivity index (χ4n) is 3.77. The average Bonchev–Trinajstić information content (AvgIpc) is 2.87. The van der Waals surface area contributed by atoms with Crippen molar-refractivity contribution in [1.82, 2.24) is 10.2 Å². The van der Waals surface area contributed by atoms with Gasteiger partial charge in [-0.15, -0.1) is 11.8 Å². The van der Waals surface area contributed by atoms with E-state index in [0.29, 0.717) is 40.9 Å². The molecule has 3 aromatic rings. The summed E-state index contributed by atoms with van der Waals surface area (Å²) < 4.78 is 0.